The molecule has 2 aliphatic rings. The molecular weight excluding hydrogens is 331 g/mol. The molecule has 3 atom stereocenters. The van der Waals surface area contributed by atoms with Gasteiger partial charge in [0.1, 0.15) is 23.0 Å². The third kappa shape index (κ3) is 4.44. The number of carbonyl (C=O) groups excluding carboxylic acids is 2. The van der Waals surface area contributed by atoms with E-state index in [0.29, 0.717) is 44.3 Å². The van der Waals surface area contributed by atoms with Crippen molar-refractivity contribution in [1.82, 2.24) is 0 Å². The first-order chi connectivity index (χ1) is 10.5. The van der Waals surface area contributed by atoms with Crippen molar-refractivity contribution in [1.29, 1.82) is 0 Å². The number of rotatable bonds is 2. The third-order valence-electron chi connectivity index (χ3n) is 3.91. The number of ketones is 1. The van der Waals surface area contributed by atoms with Gasteiger partial charge in [-0.25, -0.2) is 0 Å². The molecule has 0 aromatic rings. The maximum absolute atomic E-state index is 12.4. The highest BCUT2D eigenvalue weighted by Gasteiger charge is 2.40. The summed E-state index contributed by atoms with van der Waals surface area (Å²) in [4.78, 5) is 24.0. The van der Waals surface area contributed by atoms with Gasteiger partial charge in [-0.3, -0.25) is 9.59 Å². The molecule has 2 rings (SSSR count). The number of ether oxygens (including phenoxy) is 3. The Kier molecular flexibility index (Phi) is 6.68. The highest BCUT2D eigenvalue weighted by Crippen LogP contribution is 2.36. The highest BCUT2D eigenvalue weighted by atomic mass is 35.5. The molecule has 7 heteroatoms. The lowest BCUT2D eigenvalue weighted by atomic mass is 9.85. The second kappa shape index (κ2) is 8.29. The largest absolute Gasteiger partial charge is 0.463 e. The summed E-state index contributed by atoms with van der Waals surface area (Å²) in [6.07, 6.45) is 1.22. The summed E-state index contributed by atoms with van der Waals surface area (Å²) in [6, 6.07) is 0. The van der Waals surface area contributed by atoms with Crippen molar-refractivity contribution in [3.8, 4) is 0 Å². The Bertz CT molecular complexity index is 459. The van der Waals surface area contributed by atoms with Crippen LogP contribution in [0, 0.1) is 5.92 Å². The molecule has 0 spiro atoms. The van der Waals surface area contributed by atoms with Crippen LogP contribution in [0.5, 0.6) is 0 Å². The summed E-state index contributed by atoms with van der Waals surface area (Å²) in [6.45, 7) is 2.29. The summed E-state index contributed by atoms with van der Waals surface area (Å²) in [7, 11) is 0. The van der Waals surface area contributed by atoms with E-state index in [-0.39, 0.29) is 22.9 Å². The van der Waals surface area contributed by atoms with Crippen LogP contribution in [0.15, 0.2) is 10.1 Å². The van der Waals surface area contributed by atoms with Crippen molar-refractivity contribution in [3.63, 3.8) is 0 Å². The number of hydrogen-bond acceptors (Lipinski definition) is 5. The average Bonchev–Trinajstić information content (AvgIpc) is 2.48. The van der Waals surface area contributed by atoms with Gasteiger partial charge in [-0.2, -0.15) is 0 Å². The lowest BCUT2D eigenvalue weighted by Crippen LogP contribution is -2.45. The Hall–Kier alpha value is -0.620. The first-order valence-corrected chi connectivity index (χ1v) is 8.28. The topological polar surface area (TPSA) is 61.8 Å². The van der Waals surface area contributed by atoms with E-state index < -0.39 is 18.3 Å². The fraction of sp³-hybridized carbons (Fsp3) is 0.733. The zero-order valence-electron chi connectivity index (χ0n) is 12.5. The monoisotopic (exact) mass is 350 g/mol. The first kappa shape index (κ1) is 17.7. The molecule has 0 amide bonds. The van der Waals surface area contributed by atoms with Gasteiger partial charge >= 0.3 is 5.97 Å². The maximum atomic E-state index is 12.4. The normalized spacial score (nSPS) is 30.5. The van der Waals surface area contributed by atoms with Crippen LogP contribution in [-0.2, 0) is 23.8 Å². The molecule has 0 N–H and O–H groups in total. The molecule has 0 bridgehead atoms. The van der Waals surface area contributed by atoms with Crippen molar-refractivity contribution >= 4 is 35.0 Å². The van der Waals surface area contributed by atoms with Gasteiger partial charge in [-0.15, -0.1) is 0 Å². The van der Waals surface area contributed by atoms with Crippen molar-refractivity contribution in [2.24, 2.45) is 5.92 Å². The van der Waals surface area contributed by atoms with E-state index >= 15 is 0 Å². The van der Waals surface area contributed by atoms with Crippen LogP contribution in [-0.4, -0.2) is 37.4 Å². The van der Waals surface area contributed by atoms with Gasteiger partial charge in [0.15, 0.2) is 6.29 Å². The van der Waals surface area contributed by atoms with Gasteiger partial charge in [-0.1, -0.05) is 23.2 Å². The van der Waals surface area contributed by atoms with E-state index in [1.807, 2.05) is 6.92 Å². The van der Waals surface area contributed by atoms with Gasteiger partial charge in [0.25, 0.3) is 0 Å². The molecule has 0 unspecified atom stereocenters. The summed E-state index contributed by atoms with van der Waals surface area (Å²) in [5, 5.41) is 0. The summed E-state index contributed by atoms with van der Waals surface area (Å²) in [5.74, 6) is -0.587. The first-order valence-electron chi connectivity index (χ1n) is 7.52. The lowest BCUT2D eigenvalue weighted by Gasteiger charge is -2.37. The van der Waals surface area contributed by atoms with Crippen molar-refractivity contribution in [3.05, 3.63) is 10.1 Å². The highest BCUT2D eigenvalue weighted by molar-refractivity contribution is 6.56. The van der Waals surface area contributed by atoms with E-state index in [0.717, 1.165) is 0 Å². The summed E-state index contributed by atoms with van der Waals surface area (Å²) < 4.78 is 16.6. The standard InChI is InChI=1S/C15H20Cl2O5/c1-2-20-15-10(14(16)17)7-9-11(18)5-3-4-6-13(19)21-8-12(9)22-15/h9,12,15H,2-8H2,1H3/t9-,12-,15+/m1/s1. The Labute approximate surface area is 139 Å². The Morgan fingerprint density at radius 2 is 2.00 bits per heavy atom. The summed E-state index contributed by atoms with van der Waals surface area (Å²) >= 11 is 11.8. The van der Waals surface area contributed by atoms with Crippen LogP contribution < -0.4 is 0 Å². The van der Waals surface area contributed by atoms with E-state index in [4.69, 9.17) is 37.4 Å². The third-order valence-corrected chi connectivity index (χ3v) is 4.39. The SMILES string of the molecule is CCO[C@H]1O[C@@H]2COC(=O)CCCCC(=O)[C@H]2CC1=C(Cl)Cl. The van der Waals surface area contributed by atoms with Gasteiger partial charge in [0.2, 0.25) is 0 Å². The predicted molar refractivity (Wildman–Crippen MR) is 81.6 cm³/mol. The zero-order valence-corrected chi connectivity index (χ0v) is 14.0. The number of halogens is 2. The van der Waals surface area contributed by atoms with E-state index in [2.05, 4.69) is 0 Å². The van der Waals surface area contributed by atoms with Crippen LogP contribution >= 0.6 is 23.2 Å². The number of esters is 1. The molecule has 5 nitrogen and oxygen atoms in total. The van der Waals surface area contributed by atoms with E-state index in [9.17, 15) is 9.59 Å². The molecule has 0 aromatic carbocycles. The van der Waals surface area contributed by atoms with Crippen LogP contribution in [0.4, 0.5) is 0 Å². The quantitative estimate of drug-likeness (QED) is 0.716. The van der Waals surface area contributed by atoms with Crippen LogP contribution in [0.1, 0.15) is 39.0 Å². The fourth-order valence-electron chi connectivity index (χ4n) is 2.74. The summed E-state index contributed by atoms with van der Waals surface area (Å²) in [5.41, 5.74) is 0.572. The molecule has 2 heterocycles. The molecule has 2 fully saturated rings. The van der Waals surface area contributed by atoms with Crippen molar-refractivity contribution in [2.45, 2.75) is 51.4 Å². The molecule has 0 radical (unpaired) electrons. The minimum Gasteiger partial charge on any atom is -0.463 e. The molecular formula is C15H20Cl2O5. The van der Waals surface area contributed by atoms with Crippen molar-refractivity contribution < 1.29 is 23.8 Å². The number of carbonyl (C=O) groups is 2. The zero-order chi connectivity index (χ0) is 16.1. The molecule has 0 aliphatic carbocycles. The number of hydrogen-bond donors (Lipinski definition) is 0. The Balaban J connectivity index is 2.20. The smallest absolute Gasteiger partial charge is 0.305 e. The molecule has 2 saturated heterocycles. The van der Waals surface area contributed by atoms with Crippen LogP contribution in [0.2, 0.25) is 0 Å². The second-order valence-electron chi connectivity index (χ2n) is 5.41. The van der Waals surface area contributed by atoms with Gasteiger partial charge in [-0.05, 0) is 26.2 Å². The average molecular weight is 351 g/mol. The van der Waals surface area contributed by atoms with Gasteiger partial charge in [0, 0.05) is 25.0 Å². The lowest BCUT2D eigenvalue weighted by molar-refractivity contribution is -0.197. The predicted octanol–water partition coefficient (Wildman–Crippen LogP) is 3.13. The molecule has 2 aliphatic heterocycles. The maximum Gasteiger partial charge on any atom is 0.305 e. The number of Topliss-reactive ketones (excluding diaryl/α,β-unsaturated/α-hetero) is 1. The van der Waals surface area contributed by atoms with Crippen LogP contribution in [0.3, 0.4) is 0 Å². The Morgan fingerprint density at radius 1 is 1.27 bits per heavy atom. The molecule has 0 aromatic heterocycles. The van der Waals surface area contributed by atoms with Gasteiger partial charge < -0.3 is 14.2 Å². The minimum atomic E-state index is -0.703. The molecule has 124 valence electrons. The fourth-order valence-corrected chi connectivity index (χ4v) is 3.07. The number of cyclic esters (lactones) is 1. The van der Waals surface area contributed by atoms with E-state index in [1.165, 1.54) is 0 Å². The molecule has 22 heavy (non-hydrogen) atoms. The van der Waals surface area contributed by atoms with Gasteiger partial charge in [0.05, 0.1) is 5.92 Å². The molecule has 0 saturated carbocycles. The van der Waals surface area contributed by atoms with Crippen molar-refractivity contribution in [2.75, 3.05) is 13.2 Å². The second-order valence-corrected chi connectivity index (χ2v) is 6.36. The Morgan fingerprint density at radius 3 is 2.68 bits per heavy atom. The van der Waals surface area contributed by atoms with Crippen LogP contribution in [0.25, 0.3) is 0 Å². The van der Waals surface area contributed by atoms with E-state index in [1.54, 1.807) is 0 Å². The number of fused-ring (bicyclic) bond motifs is 1. The minimum absolute atomic E-state index is 0.0476.